The zero-order valence-electron chi connectivity index (χ0n) is 16.7. The molecule has 0 fully saturated rings. The van der Waals surface area contributed by atoms with Crippen molar-refractivity contribution in [2.75, 3.05) is 0 Å². The molecular formula is C27H23NO. The van der Waals surface area contributed by atoms with E-state index in [0.29, 0.717) is 5.92 Å². The van der Waals surface area contributed by atoms with Gasteiger partial charge in [0.2, 0.25) is 0 Å². The normalized spacial score (nSPS) is 24.3. The summed E-state index contributed by atoms with van der Waals surface area (Å²) in [4.78, 5) is 4.86. The van der Waals surface area contributed by atoms with Gasteiger partial charge in [-0.3, -0.25) is 4.98 Å². The molecule has 2 heterocycles. The van der Waals surface area contributed by atoms with Crippen LogP contribution in [0.1, 0.15) is 30.4 Å². The van der Waals surface area contributed by atoms with Gasteiger partial charge in [-0.1, -0.05) is 67.6 Å². The zero-order valence-corrected chi connectivity index (χ0v) is 16.7. The maximum absolute atomic E-state index is 6.53. The first kappa shape index (κ1) is 16.8. The highest BCUT2D eigenvalue weighted by atomic mass is 16.5. The first-order valence-corrected chi connectivity index (χ1v) is 10.5. The Labute approximate surface area is 171 Å². The van der Waals surface area contributed by atoms with Crippen molar-refractivity contribution in [2.45, 2.75) is 32.3 Å². The second-order valence-electron chi connectivity index (χ2n) is 8.42. The molecule has 0 N–H and O–H groups in total. The van der Waals surface area contributed by atoms with E-state index in [0.717, 1.165) is 17.9 Å². The van der Waals surface area contributed by atoms with Crippen LogP contribution in [0.15, 0.2) is 84.1 Å². The predicted octanol–water partition coefficient (Wildman–Crippen LogP) is 6.52. The molecule has 3 unspecified atom stereocenters. The molecule has 1 aliphatic heterocycles. The summed E-state index contributed by atoms with van der Waals surface area (Å²) in [5, 5.41) is 2.54. The molecule has 2 aliphatic carbocycles. The van der Waals surface area contributed by atoms with Gasteiger partial charge in [-0.15, -0.1) is 0 Å². The Kier molecular flexibility index (Phi) is 3.58. The molecule has 2 nitrogen and oxygen atoms in total. The van der Waals surface area contributed by atoms with Crippen LogP contribution in [0.4, 0.5) is 0 Å². The smallest absolute Gasteiger partial charge is 0.134 e. The van der Waals surface area contributed by atoms with Crippen LogP contribution in [-0.2, 0) is 0 Å². The van der Waals surface area contributed by atoms with Crippen LogP contribution in [-0.4, -0.2) is 11.1 Å². The Bertz CT molecular complexity index is 1250. The number of ether oxygens (including phenoxy) is 1. The standard InChI is InChI=1S/C27H23NO/c1-16-6-5-9-22-19(16)12-13-23-25-24(29-27(22)23)14-15-28-26(25)21-11-10-17(2)18-7-3-4-8-20(18)21/h3-5,7-16,23,27H,6H2,1-2H3. The number of aryl methyl sites for hydroxylation is 1. The number of benzene rings is 2. The van der Waals surface area contributed by atoms with E-state index in [9.17, 15) is 0 Å². The number of aromatic nitrogens is 1. The van der Waals surface area contributed by atoms with Crippen molar-refractivity contribution in [3.8, 4) is 17.0 Å². The maximum Gasteiger partial charge on any atom is 0.134 e. The van der Waals surface area contributed by atoms with Crippen LogP contribution < -0.4 is 4.74 Å². The molecule has 3 aromatic rings. The highest BCUT2D eigenvalue weighted by molar-refractivity contribution is 5.98. The number of hydrogen-bond acceptors (Lipinski definition) is 2. The highest BCUT2D eigenvalue weighted by Gasteiger charge is 2.41. The van der Waals surface area contributed by atoms with Gasteiger partial charge in [-0.05, 0) is 52.8 Å². The average Bonchev–Trinajstić information content (AvgIpc) is 3.14. The molecule has 3 atom stereocenters. The van der Waals surface area contributed by atoms with Crippen molar-refractivity contribution >= 4 is 10.8 Å². The lowest BCUT2D eigenvalue weighted by Crippen LogP contribution is -2.26. The Morgan fingerprint density at radius 3 is 2.72 bits per heavy atom. The predicted molar refractivity (Wildman–Crippen MR) is 118 cm³/mol. The van der Waals surface area contributed by atoms with Gasteiger partial charge in [0.05, 0.1) is 5.69 Å². The quantitative estimate of drug-likeness (QED) is 0.482. The van der Waals surface area contributed by atoms with Crippen molar-refractivity contribution < 1.29 is 4.74 Å². The molecule has 6 rings (SSSR count). The Morgan fingerprint density at radius 1 is 0.966 bits per heavy atom. The third-order valence-corrected chi connectivity index (χ3v) is 6.70. The minimum absolute atomic E-state index is 0.0589. The molecule has 0 spiro atoms. The summed E-state index contributed by atoms with van der Waals surface area (Å²) in [5.41, 5.74) is 7.52. The molecule has 0 saturated heterocycles. The van der Waals surface area contributed by atoms with Crippen LogP contribution in [0, 0.1) is 12.8 Å². The molecule has 142 valence electrons. The lowest BCUT2D eigenvalue weighted by Gasteiger charge is -2.29. The first-order chi connectivity index (χ1) is 14.2. The summed E-state index contributed by atoms with van der Waals surface area (Å²) < 4.78 is 6.53. The summed E-state index contributed by atoms with van der Waals surface area (Å²) in [6.45, 7) is 4.47. The fourth-order valence-corrected chi connectivity index (χ4v) is 5.20. The monoisotopic (exact) mass is 377 g/mol. The number of hydrogen-bond donors (Lipinski definition) is 0. The summed E-state index contributed by atoms with van der Waals surface area (Å²) in [7, 11) is 0. The fourth-order valence-electron chi connectivity index (χ4n) is 5.20. The third kappa shape index (κ3) is 2.38. The molecule has 3 aliphatic rings. The van der Waals surface area contributed by atoms with E-state index in [-0.39, 0.29) is 12.0 Å². The fraction of sp³-hybridized carbons (Fsp3) is 0.222. The van der Waals surface area contributed by atoms with Gasteiger partial charge >= 0.3 is 0 Å². The largest absolute Gasteiger partial charge is 0.484 e. The van der Waals surface area contributed by atoms with Crippen LogP contribution in [0.3, 0.4) is 0 Å². The van der Waals surface area contributed by atoms with E-state index in [4.69, 9.17) is 9.72 Å². The van der Waals surface area contributed by atoms with Gasteiger partial charge in [0, 0.05) is 23.2 Å². The number of nitrogens with zero attached hydrogens (tertiary/aromatic N) is 1. The molecular weight excluding hydrogens is 354 g/mol. The second kappa shape index (κ2) is 6.18. The topological polar surface area (TPSA) is 22.1 Å². The van der Waals surface area contributed by atoms with Crippen molar-refractivity contribution in [1.29, 1.82) is 0 Å². The molecule has 2 heteroatoms. The van der Waals surface area contributed by atoms with Crippen molar-refractivity contribution in [2.24, 2.45) is 5.92 Å². The Balaban J connectivity index is 1.54. The molecule has 29 heavy (non-hydrogen) atoms. The minimum atomic E-state index is 0.0589. The molecule has 1 aromatic heterocycles. The summed E-state index contributed by atoms with van der Waals surface area (Å²) in [6, 6.07) is 15.1. The van der Waals surface area contributed by atoms with E-state index >= 15 is 0 Å². The van der Waals surface area contributed by atoms with Gasteiger partial charge in [-0.2, -0.15) is 0 Å². The van der Waals surface area contributed by atoms with Crippen molar-refractivity contribution in [3.63, 3.8) is 0 Å². The van der Waals surface area contributed by atoms with E-state index in [1.54, 1.807) is 0 Å². The number of pyridine rings is 1. The number of allylic oxidation sites excluding steroid dienone is 3. The van der Waals surface area contributed by atoms with E-state index in [1.165, 1.54) is 38.6 Å². The van der Waals surface area contributed by atoms with Crippen molar-refractivity contribution in [3.05, 3.63) is 95.2 Å². The molecule has 0 radical (unpaired) electrons. The van der Waals surface area contributed by atoms with Crippen molar-refractivity contribution in [1.82, 2.24) is 4.98 Å². The molecule has 0 saturated carbocycles. The first-order valence-electron chi connectivity index (χ1n) is 10.5. The van der Waals surface area contributed by atoms with Crippen LogP contribution >= 0.6 is 0 Å². The lowest BCUT2D eigenvalue weighted by molar-refractivity contribution is 0.256. The Hall–Kier alpha value is -3.13. The van der Waals surface area contributed by atoms with Crippen LogP contribution in [0.5, 0.6) is 5.75 Å². The van der Waals surface area contributed by atoms with Gasteiger partial charge in [0.1, 0.15) is 11.9 Å². The van der Waals surface area contributed by atoms with Gasteiger partial charge in [0.25, 0.3) is 0 Å². The summed E-state index contributed by atoms with van der Waals surface area (Å²) in [6.07, 6.45) is 12.3. The van der Waals surface area contributed by atoms with Gasteiger partial charge in [-0.25, -0.2) is 0 Å². The zero-order chi connectivity index (χ0) is 19.5. The summed E-state index contributed by atoms with van der Waals surface area (Å²) in [5.74, 6) is 1.74. The SMILES string of the molecule is Cc1ccc(-c2nccc3c2C2C=CC4=C(C=CCC4C)C2O3)c2ccccc12. The molecule has 0 bridgehead atoms. The molecule has 0 amide bonds. The van der Waals surface area contributed by atoms with E-state index in [1.807, 2.05) is 12.3 Å². The maximum atomic E-state index is 6.53. The van der Waals surface area contributed by atoms with Crippen LogP contribution in [0.2, 0.25) is 0 Å². The highest BCUT2D eigenvalue weighted by Crippen LogP contribution is 2.50. The van der Waals surface area contributed by atoms with Gasteiger partial charge < -0.3 is 4.74 Å². The third-order valence-electron chi connectivity index (χ3n) is 6.70. The van der Waals surface area contributed by atoms with E-state index < -0.39 is 0 Å². The second-order valence-corrected chi connectivity index (χ2v) is 8.42. The van der Waals surface area contributed by atoms with Crippen LogP contribution in [0.25, 0.3) is 22.0 Å². The minimum Gasteiger partial charge on any atom is -0.484 e. The lowest BCUT2D eigenvalue weighted by atomic mass is 9.76. The molecule has 2 aromatic carbocycles. The Morgan fingerprint density at radius 2 is 1.83 bits per heavy atom. The summed E-state index contributed by atoms with van der Waals surface area (Å²) >= 11 is 0. The number of rotatable bonds is 1. The van der Waals surface area contributed by atoms with Gasteiger partial charge in [0.15, 0.2) is 0 Å². The number of fused-ring (bicyclic) bond motifs is 5. The van der Waals surface area contributed by atoms with E-state index in [2.05, 4.69) is 74.5 Å². The average molecular weight is 377 g/mol.